The molecular formula is C12H12FNO. The number of halogens is 1. The first-order valence-corrected chi connectivity index (χ1v) is 4.68. The number of hydrogen-bond acceptors (Lipinski definition) is 1. The largest absolute Gasteiger partial charge is 0.351 e. The van der Waals surface area contributed by atoms with Gasteiger partial charge in [0.15, 0.2) is 0 Å². The monoisotopic (exact) mass is 205 g/mol. The van der Waals surface area contributed by atoms with Crippen molar-refractivity contribution in [2.45, 2.75) is 13.3 Å². The second-order valence-corrected chi connectivity index (χ2v) is 2.91. The zero-order chi connectivity index (χ0) is 11.1. The fourth-order valence-electron chi connectivity index (χ4n) is 1.10. The van der Waals surface area contributed by atoms with Gasteiger partial charge in [0, 0.05) is 13.0 Å². The maximum absolute atomic E-state index is 13.1. The Morgan fingerprint density at radius 3 is 2.87 bits per heavy atom. The Morgan fingerprint density at radius 2 is 2.20 bits per heavy atom. The average Bonchev–Trinajstić information content (AvgIpc) is 2.25. The van der Waals surface area contributed by atoms with E-state index in [1.165, 1.54) is 12.1 Å². The van der Waals surface area contributed by atoms with Crippen LogP contribution in [-0.4, -0.2) is 12.5 Å². The molecule has 0 aromatic heterocycles. The molecular weight excluding hydrogens is 193 g/mol. The van der Waals surface area contributed by atoms with Crippen molar-refractivity contribution in [3.05, 3.63) is 35.6 Å². The predicted octanol–water partition coefficient (Wildman–Crippen LogP) is 1.97. The van der Waals surface area contributed by atoms with Gasteiger partial charge in [-0.05, 0) is 19.1 Å². The topological polar surface area (TPSA) is 29.1 Å². The van der Waals surface area contributed by atoms with E-state index >= 15 is 0 Å². The molecule has 0 saturated heterocycles. The lowest BCUT2D eigenvalue weighted by Crippen LogP contribution is -2.25. The van der Waals surface area contributed by atoms with Gasteiger partial charge in [-0.3, -0.25) is 4.79 Å². The summed E-state index contributed by atoms with van der Waals surface area (Å²) in [6, 6.07) is 5.90. The highest BCUT2D eigenvalue weighted by Gasteiger charge is 2.08. The van der Waals surface area contributed by atoms with E-state index in [4.69, 9.17) is 0 Å². The van der Waals surface area contributed by atoms with Gasteiger partial charge < -0.3 is 5.32 Å². The third-order valence-corrected chi connectivity index (χ3v) is 1.83. The molecule has 15 heavy (non-hydrogen) atoms. The molecule has 0 saturated carbocycles. The van der Waals surface area contributed by atoms with E-state index in [1.54, 1.807) is 19.1 Å². The number of benzene rings is 1. The van der Waals surface area contributed by atoms with Crippen LogP contribution in [0.3, 0.4) is 0 Å². The van der Waals surface area contributed by atoms with Crippen molar-refractivity contribution < 1.29 is 9.18 Å². The van der Waals surface area contributed by atoms with E-state index in [9.17, 15) is 9.18 Å². The van der Waals surface area contributed by atoms with Crippen LogP contribution in [0, 0.1) is 17.7 Å². The van der Waals surface area contributed by atoms with Crippen molar-refractivity contribution in [3.63, 3.8) is 0 Å². The standard InChI is InChI=1S/C12H12FNO/c1-2-3-6-9-14-12(15)10-7-4-5-8-11(10)13/h4-5,7-8H,6,9H2,1H3,(H,14,15). The highest BCUT2D eigenvalue weighted by atomic mass is 19.1. The normalized spacial score (nSPS) is 8.93. The van der Waals surface area contributed by atoms with Gasteiger partial charge in [-0.15, -0.1) is 11.8 Å². The zero-order valence-electron chi connectivity index (χ0n) is 8.51. The number of carbonyl (C=O) groups is 1. The van der Waals surface area contributed by atoms with Crippen molar-refractivity contribution in [2.75, 3.05) is 6.54 Å². The van der Waals surface area contributed by atoms with Gasteiger partial charge in [-0.1, -0.05) is 12.1 Å². The Balaban J connectivity index is 2.53. The zero-order valence-corrected chi connectivity index (χ0v) is 8.51. The molecule has 1 aromatic rings. The predicted molar refractivity (Wildman–Crippen MR) is 56.8 cm³/mol. The molecule has 1 amide bonds. The first kappa shape index (κ1) is 11.3. The molecule has 0 fully saturated rings. The summed E-state index contributed by atoms with van der Waals surface area (Å²) < 4.78 is 13.1. The number of carbonyl (C=O) groups excluding carboxylic acids is 1. The van der Waals surface area contributed by atoms with Crippen LogP contribution < -0.4 is 5.32 Å². The van der Waals surface area contributed by atoms with Crippen LogP contribution in [0.2, 0.25) is 0 Å². The van der Waals surface area contributed by atoms with Gasteiger partial charge in [0.25, 0.3) is 5.91 Å². The van der Waals surface area contributed by atoms with Gasteiger partial charge in [-0.2, -0.15) is 0 Å². The van der Waals surface area contributed by atoms with Crippen LogP contribution in [-0.2, 0) is 0 Å². The number of rotatable bonds is 3. The highest BCUT2D eigenvalue weighted by molar-refractivity contribution is 5.94. The Bertz CT molecular complexity index is 404. The molecule has 0 spiro atoms. The molecule has 1 rings (SSSR count). The van der Waals surface area contributed by atoms with Gasteiger partial charge in [-0.25, -0.2) is 4.39 Å². The molecule has 0 aliphatic rings. The lowest BCUT2D eigenvalue weighted by atomic mass is 10.2. The summed E-state index contributed by atoms with van der Waals surface area (Å²) in [5, 5.41) is 2.59. The lowest BCUT2D eigenvalue weighted by molar-refractivity contribution is 0.0950. The molecule has 1 N–H and O–H groups in total. The Morgan fingerprint density at radius 1 is 1.47 bits per heavy atom. The summed E-state index contributed by atoms with van der Waals surface area (Å²) in [5.41, 5.74) is 0.0713. The van der Waals surface area contributed by atoms with Crippen LogP contribution in [0.4, 0.5) is 4.39 Å². The van der Waals surface area contributed by atoms with E-state index in [0.717, 1.165) is 0 Å². The minimum absolute atomic E-state index is 0.0713. The Labute approximate surface area is 88.5 Å². The Kier molecular flexibility index (Phi) is 4.36. The molecule has 0 aliphatic carbocycles. The lowest BCUT2D eigenvalue weighted by Gasteiger charge is -2.03. The van der Waals surface area contributed by atoms with E-state index in [-0.39, 0.29) is 5.56 Å². The summed E-state index contributed by atoms with van der Waals surface area (Å²) >= 11 is 0. The van der Waals surface area contributed by atoms with Gasteiger partial charge in [0.2, 0.25) is 0 Å². The van der Waals surface area contributed by atoms with Crippen molar-refractivity contribution in [3.8, 4) is 11.8 Å². The SMILES string of the molecule is CC#CCCNC(=O)c1ccccc1F. The van der Waals surface area contributed by atoms with Crippen LogP contribution in [0.5, 0.6) is 0 Å². The van der Waals surface area contributed by atoms with Crippen molar-refractivity contribution >= 4 is 5.91 Å². The molecule has 0 heterocycles. The first-order chi connectivity index (χ1) is 7.25. The molecule has 1 aromatic carbocycles. The quantitative estimate of drug-likeness (QED) is 0.593. The summed E-state index contributed by atoms with van der Waals surface area (Å²) in [4.78, 5) is 11.4. The molecule has 0 atom stereocenters. The fraction of sp³-hybridized carbons (Fsp3) is 0.250. The van der Waals surface area contributed by atoms with Crippen molar-refractivity contribution in [1.29, 1.82) is 0 Å². The number of hydrogen-bond donors (Lipinski definition) is 1. The van der Waals surface area contributed by atoms with E-state index in [1.807, 2.05) is 0 Å². The van der Waals surface area contributed by atoms with Gasteiger partial charge in [0.1, 0.15) is 5.82 Å². The van der Waals surface area contributed by atoms with Crippen molar-refractivity contribution in [2.24, 2.45) is 0 Å². The summed E-state index contributed by atoms with van der Waals surface area (Å²) in [6.45, 7) is 2.17. The molecule has 0 radical (unpaired) electrons. The van der Waals surface area contributed by atoms with Gasteiger partial charge >= 0.3 is 0 Å². The fourth-order valence-corrected chi connectivity index (χ4v) is 1.10. The number of nitrogens with one attached hydrogen (secondary N) is 1. The van der Waals surface area contributed by atoms with Crippen LogP contribution in [0.25, 0.3) is 0 Å². The highest BCUT2D eigenvalue weighted by Crippen LogP contribution is 2.05. The van der Waals surface area contributed by atoms with Gasteiger partial charge in [0.05, 0.1) is 5.56 Å². The smallest absolute Gasteiger partial charge is 0.254 e. The summed E-state index contributed by atoms with van der Waals surface area (Å²) in [5.74, 6) is 4.63. The van der Waals surface area contributed by atoms with E-state index < -0.39 is 11.7 Å². The maximum Gasteiger partial charge on any atom is 0.254 e. The van der Waals surface area contributed by atoms with Crippen LogP contribution in [0.15, 0.2) is 24.3 Å². The third-order valence-electron chi connectivity index (χ3n) is 1.83. The maximum atomic E-state index is 13.1. The third kappa shape index (κ3) is 3.43. The molecule has 3 heteroatoms. The van der Waals surface area contributed by atoms with Crippen LogP contribution >= 0.6 is 0 Å². The summed E-state index contributed by atoms with van der Waals surface area (Å²) in [6.07, 6.45) is 0.580. The molecule has 0 bridgehead atoms. The average molecular weight is 205 g/mol. The second-order valence-electron chi connectivity index (χ2n) is 2.91. The van der Waals surface area contributed by atoms with E-state index in [2.05, 4.69) is 17.2 Å². The molecule has 78 valence electrons. The van der Waals surface area contributed by atoms with E-state index in [0.29, 0.717) is 13.0 Å². The first-order valence-electron chi connectivity index (χ1n) is 4.68. The Hall–Kier alpha value is -1.82. The molecule has 0 unspecified atom stereocenters. The summed E-state index contributed by atoms with van der Waals surface area (Å²) in [7, 11) is 0. The number of amides is 1. The van der Waals surface area contributed by atoms with Crippen LogP contribution in [0.1, 0.15) is 23.7 Å². The minimum Gasteiger partial charge on any atom is -0.351 e. The molecule has 2 nitrogen and oxygen atoms in total. The van der Waals surface area contributed by atoms with Crippen molar-refractivity contribution in [1.82, 2.24) is 5.32 Å². The second kappa shape index (κ2) is 5.82. The minimum atomic E-state index is -0.503. The molecule has 0 aliphatic heterocycles.